The molecule has 0 aliphatic heterocycles. The zero-order valence-corrected chi connectivity index (χ0v) is 13.0. The summed E-state index contributed by atoms with van der Waals surface area (Å²) in [7, 11) is 0. The van der Waals surface area contributed by atoms with Crippen molar-refractivity contribution >= 4 is 11.5 Å². The second-order valence-corrected chi connectivity index (χ2v) is 4.85. The number of carbonyl (C=O) groups is 1. The summed E-state index contributed by atoms with van der Waals surface area (Å²) in [4.78, 5) is 12.0. The Hall–Kier alpha value is -2.55. The molecule has 2 rings (SSSR count). The third-order valence-electron chi connectivity index (χ3n) is 3.30. The molecular weight excluding hydrogens is 274 g/mol. The van der Waals surface area contributed by atoms with Gasteiger partial charge in [-0.15, -0.1) is 0 Å². The minimum atomic E-state index is -0.0410. The first-order valence-corrected chi connectivity index (χ1v) is 7.52. The van der Waals surface area contributed by atoms with Gasteiger partial charge >= 0.3 is 0 Å². The summed E-state index contributed by atoms with van der Waals surface area (Å²) in [6.07, 6.45) is 4.22. The number of ether oxygens (including phenoxy) is 1. The van der Waals surface area contributed by atoms with E-state index in [-0.39, 0.29) is 5.78 Å². The molecule has 0 aliphatic carbocycles. The first-order valence-electron chi connectivity index (χ1n) is 7.52. The number of anilines is 1. The lowest BCUT2D eigenvalue weighted by molar-refractivity contribution is 0.104. The van der Waals surface area contributed by atoms with Crippen LogP contribution >= 0.6 is 0 Å². The van der Waals surface area contributed by atoms with Gasteiger partial charge in [-0.05, 0) is 55.3 Å². The molecular formula is C19H21NO2. The average Bonchev–Trinajstić information content (AvgIpc) is 2.56. The summed E-state index contributed by atoms with van der Waals surface area (Å²) >= 11 is 0. The van der Waals surface area contributed by atoms with Crippen LogP contribution in [0.2, 0.25) is 0 Å². The van der Waals surface area contributed by atoms with E-state index >= 15 is 0 Å². The Labute approximate surface area is 131 Å². The lowest BCUT2D eigenvalue weighted by Crippen LogP contribution is -1.97. The molecule has 0 spiro atoms. The lowest BCUT2D eigenvalue weighted by atomic mass is 10.1. The molecule has 0 aliphatic rings. The van der Waals surface area contributed by atoms with Gasteiger partial charge in [-0.2, -0.15) is 0 Å². The fourth-order valence-corrected chi connectivity index (χ4v) is 2.03. The van der Waals surface area contributed by atoms with E-state index in [1.807, 2.05) is 31.2 Å². The molecule has 0 radical (unpaired) electrons. The lowest BCUT2D eigenvalue weighted by Gasteiger charge is -2.03. The van der Waals surface area contributed by atoms with Gasteiger partial charge in [-0.3, -0.25) is 4.79 Å². The van der Waals surface area contributed by atoms with Crippen LogP contribution in [-0.4, -0.2) is 12.4 Å². The molecule has 2 aromatic carbocycles. The monoisotopic (exact) mass is 295 g/mol. The van der Waals surface area contributed by atoms with E-state index in [0.29, 0.717) is 12.2 Å². The third-order valence-corrected chi connectivity index (χ3v) is 3.30. The standard InChI is InChI=1S/C19H21NO2/c1-3-15-5-9-17(10-6-15)20-14-13-19(21)16-7-11-18(12-8-16)22-4-2/h5-14,20H,3-4H2,1-2H3. The SMILES string of the molecule is CCOc1ccc(C(=O)C=CNc2ccc(CC)cc2)cc1. The fraction of sp³-hybridized carbons (Fsp3) is 0.211. The van der Waals surface area contributed by atoms with Gasteiger partial charge in [0.2, 0.25) is 0 Å². The maximum absolute atomic E-state index is 12.0. The van der Waals surface area contributed by atoms with Crippen LogP contribution in [0.5, 0.6) is 5.75 Å². The summed E-state index contributed by atoms with van der Waals surface area (Å²) in [5.41, 5.74) is 2.90. The van der Waals surface area contributed by atoms with E-state index in [1.54, 1.807) is 18.3 Å². The highest BCUT2D eigenvalue weighted by molar-refractivity contribution is 6.04. The maximum Gasteiger partial charge on any atom is 0.187 e. The first kappa shape index (κ1) is 15.8. The van der Waals surface area contributed by atoms with Gasteiger partial charge in [0.15, 0.2) is 5.78 Å². The number of carbonyl (C=O) groups excluding carboxylic acids is 1. The number of benzene rings is 2. The normalized spacial score (nSPS) is 10.6. The second kappa shape index (κ2) is 8.03. The van der Waals surface area contributed by atoms with E-state index in [9.17, 15) is 4.79 Å². The number of aryl methyl sites for hydroxylation is 1. The van der Waals surface area contributed by atoms with Crippen LogP contribution in [0.1, 0.15) is 29.8 Å². The van der Waals surface area contributed by atoms with Crippen molar-refractivity contribution in [3.63, 3.8) is 0 Å². The Bertz CT molecular complexity index is 627. The molecule has 0 unspecified atom stereocenters. The zero-order chi connectivity index (χ0) is 15.8. The molecule has 3 nitrogen and oxygen atoms in total. The van der Waals surface area contributed by atoms with Crippen LogP contribution in [0.15, 0.2) is 60.8 Å². The smallest absolute Gasteiger partial charge is 0.187 e. The van der Waals surface area contributed by atoms with Gasteiger partial charge in [-0.25, -0.2) is 0 Å². The minimum absolute atomic E-state index is 0.0410. The number of rotatable bonds is 7. The van der Waals surface area contributed by atoms with Gasteiger partial charge in [-0.1, -0.05) is 19.1 Å². The first-order chi connectivity index (χ1) is 10.7. The predicted molar refractivity (Wildman–Crippen MR) is 90.5 cm³/mol. The van der Waals surface area contributed by atoms with Crippen LogP contribution in [-0.2, 0) is 6.42 Å². The van der Waals surface area contributed by atoms with Crippen molar-refractivity contribution in [1.29, 1.82) is 0 Å². The van der Waals surface area contributed by atoms with Crippen LogP contribution in [0.3, 0.4) is 0 Å². The summed E-state index contributed by atoms with van der Waals surface area (Å²) in [6.45, 7) is 4.67. The largest absolute Gasteiger partial charge is 0.494 e. The van der Waals surface area contributed by atoms with Gasteiger partial charge in [0.1, 0.15) is 5.75 Å². The van der Waals surface area contributed by atoms with Crippen molar-refractivity contribution in [2.45, 2.75) is 20.3 Å². The molecule has 2 aromatic rings. The van der Waals surface area contributed by atoms with Crippen LogP contribution in [0.25, 0.3) is 0 Å². The van der Waals surface area contributed by atoms with Gasteiger partial charge in [0.05, 0.1) is 6.61 Å². The van der Waals surface area contributed by atoms with Gasteiger partial charge in [0.25, 0.3) is 0 Å². The zero-order valence-electron chi connectivity index (χ0n) is 13.0. The molecule has 3 heteroatoms. The summed E-state index contributed by atoms with van der Waals surface area (Å²) in [5, 5.41) is 3.10. The molecule has 0 saturated carbocycles. The summed E-state index contributed by atoms with van der Waals surface area (Å²) in [6, 6.07) is 15.3. The number of allylic oxidation sites excluding steroid dienone is 1. The highest BCUT2D eigenvalue weighted by atomic mass is 16.5. The van der Waals surface area contributed by atoms with E-state index < -0.39 is 0 Å². The Morgan fingerprint density at radius 3 is 2.32 bits per heavy atom. The Morgan fingerprint density at radius 2 is 1.73 bits per heavy atom. The number of nitrogens with one attached hydrogen (secondary N) is 1. The predicted octanol–water partition coefficient (Wildman–Crippen LogP) is 4.46. The maximum atomic E-state index is 12.0. The molecule has 0 heterocycles. The van der Waals surface area contributed by atoms with Crippen molar-refractivity contribution in [3.05, 3.63) is 71.9 Å². The molecule has 0 bridgehead atoms. The van der Waals surface area contributed by atoms with E-state index in [2.05, 4.69) is 24.4 Å². The molecule has 0 fully saturated rings. The van der Waals surface area contributed by atoms with E-state index in [4.69, 9.17) is 4.74 Å². The van der Waals surface area contributed by atoms with Crippen molar-refractivity contribution < 1.29 is 9.53 Å². The van der Waals surface area contributed by atoms with Gasteiger partial charge in [0, 0.05) is 23.5 Å². The van der Waals surface area contributed by atoms with Gasteiger partial charge < -0.3 is 10.1 Å². The molecule has 1 N–H and O–H groups in total. The number of hydrogen-bond donors (Lipinski definition) is 1. The van der Waals surface area contributed by atoms with E-state index in [0.717, 1.165) is 17.9 Å². The Balaban J connectivity index is 1.92. The summed E-state index contributed by atoms with van der Waals surface area (Å²) < 4.78 is 5.36. The minimum Gasteiger partial charge on any atom is -0.494 e. The van der Waals surface area contributed by atoms with Crippen molar-refractivity contribution in [1.82, 2.24) is 0 Å². The van der Waals surface area contributed by atoms with Crippen LogP contribution in [0, 0.1) is 0 Å². The number of ketones is 1. The average molecular weight is 295 g/mol. The van der Waals surface area contributed by atoms with Crippen LogP contribution in [0.4, 0.5) is 5.69 Å². The highest BCUT2D eigenvalue weighted by Crippen LogP contribution is 2.13. The Kier molecular flexibility index (Phi) is 5.78. The molecule has 0 atom stereocenters. The highest BCUT2D eigenvalue weighted by Gasteiger charge is 2.01. The summed E-state index contributed by atoms with van der Waals surface area (Å²) in [5.74, 6) is 0.734. The molecule has 0 aromatic heterocycles. The third kappa shape index (κ3) is 4.48. The Morgan fingerprint density at radius 1 is 1.05 bits per heavy atom. The van der Waals surface area contributed by atoms with Crippen LogP contribution < -0.4 is 10.1 Å². The topological polar surface area (TPSA) is 38.3 Å². The van der Waals surface area contributed by atoms with Crippen molar-refractivity contribution in [2.75, 3.05) is 11.9 Å². The molecule has 22 heavy (non-hydrogen) atoms. The molecule has 0 saturated heterocycles. The van der Waals surface area contributed by atoms with Crippen molar-refractivity contribution in [2.24, 2.45) is 0 Å². The second-order valence-electron chi connectivity index (χ2n) is 4.85. The fourth-order valence-electron chi connectivity index (χ4n) is 2.03. The van der Waals surface area contributed by atoms with E-state index in [1.165, 1.54) is 11.6 Å². The quantitative estimate of drug-likeness (QED) is 0.605. The molecule has 114 valence electrons. The molecule has 0 amide bonds. The van der Waals surface area contributed by atoms with Crippen molar-refractivity contribution in [3.8, 4) is 5.75 Å². The number of hydrogen-bond acceptors (Lipinski definition) is 3.